The SMILES string of the molecule is CC(C)[C@@H]1Cc2c(c(N3CCOCC3)nc3sc(C#N)c(N)c23)CO1. The molecule has 2 aliphatic heterocycles. The maximum Gasteiger partial charge on any atom is 0.136 e. The molecule has 1 atom stereocenters. The number of pyridine rings is 1. The van der Waals surface area contributed by atoms with Crippen molar-refractivity contribution in [2.45, 2.75) is 33.0 Å². The third kappa shape index (κ3) is 2.74. The molecule has 0 aliphatic carbocycles. The summed E-state index contributed by atoms with van der Waals surface area (Å²) < 4.78 is 11.6. The molecule has 0 saturated carbocycles. The average molecular weight is 358 g/mol. The van der Waals surface area contributed by atoms with Crippen LogP contribution in [0.1, 0.15) is 29.9 Å². The highest BCUT2D eigenvalue weighted by atomic mass is 32.1. The van der Waals surface area contributed by atoms with Crippen LogP contribution in [-0.4, -0.2) is 37.4 Å². The molecule has 1 fully saturated rings. The van der Waals surface area contributed by atoms with Crippen molar-refractivity contribution in [2.24, 2.45) is 5.92 Å². The van der Waals surface area contributed by atoms with Crippen molar-refractivity contribution in [3.05, 3.63) is 16.0 Å². The number of nitrogen functional groups attached to an aromatic ring is 1. The van der Waals surface area contributed by atoms with E-state index in [0.29, 0.717) is 36.3 Å². The van der Waals surface area contributed by atoms with Gasteiger partial charge >= 0.3 is 0 Å². The summed E-state index contributed by atoms with van der Waals surface area (Å²) in [4.78, 5) is 8.57. The summed E-state index contributed by atoms with van der Waals surface area (Å²) in [6.45, 7) is 7.96. The smallest absolute Gasteiger partial charge is 0.136 e. The molecular formula is C18H22N4O2S. The zero-order valence-corrected chi connectivity index (χ0v) is 15.4. The average Bonchev–Trinajstić information content (AvgIpc) is 2.97. The number of nitrogens with zero attached hydrogens (tertiary/aromatic N) is 3. The summed E-state index contributed by atoms with van der Waals surface area (Å²) >= 11 is 1.39. The van der Waals surface area contributed by atoms with E-state index in [1.807, 2.05) is 0 Å². The summed E-state index contributed by atoms with van der Waals surface area (Å²) in [5.41, 5.74) is 9.21. The lowest BCUT2D eigenvalue weighted by molar-refractivity contribution is 0.000125. The molecule has 0 radical (unpaired) electrons. The second kappa shape index (κ2) is 6.45. The Morgan fingerprint density at radius 1 is 1.32 bits per heavy atom. The van der Waals surface area contributed by atoms with Gasteiger partial charge in [0, 0.05) is 30.5 Å². The molecule has 2 aliphatic rings. The van der Waals surface area contributed by atoms with Gasteiger partial charge in [0.15, 0.2) is 0 Å². The van der Waals surface area contributed by atoms with Crippen LogP contribution < -0.4 is 10.6 Å². The predicted molar refractivity (Wildman–Crippen MR) is 98.9 cm³/mol. The number of hydrogen-bond acceptors (Lipinski definition) is 7. The molecule has 0 amide bonds. The van der Waals surface area contributed by atoms with E-state index in [-0.39, 0.29) is 6.10 Å². The lowest BCUT2D eigenvalue weighted by Crippen LogP contribution is -2.38. The number of anilines is 2. The molecule has 2 aromatic rings. The first kappa shape index (κ1) is 16.6. The zero-order valence-electron chi connectivity index (χ0n) is 14.5. The number of nitriles is 1. The topological polar surface area (TPSA) is 84.4 Å². The normalized spacial score (nSPS) is 20.7. The van der Waals surface area contributed by atoms with Crippen molar-refractivity contribution >= 4 is 33.1 Å². The van der Waals surface area contributed by atoms with Gasteiger partial charge in [-0.3, -0.25) is 0 Å². The summed E-state index contributed by atoms with van der Waals surface area (Å²) in [6, 6.07) is 2.21. The molecule has 0 bridgehead atoms. The Labute approximate surface area is 151 Å². The summed E-state index contributed by atoms with van der Waals surface area (Å²) in [5, 5.41) is 10.3. The molecule has 2 aromatic heterocycles. The molecule has 0 aromatic carbocycles. The van der Waals surface area contributed by atoms with Crippen molar-refractivity contribution in [3.63, 3.8) is 0 Å². The third-order valence-corrected chi connectivity index (χ3v) is 6.08. The van der Waals surface area contributed by atoms with Crippen LogP contribution >= 0.6 is 11.3 Å². The van der Waals surface area contributed by atoms with E-state index in [0.717, 1.165) is 41.1 Å². The van der Waals surface area contributed by atoms with Gasteiger partial charge in [0.05, 0.1) is 31.6 Å². The number of rotatable bonds is 2. The first-order chi connectivity index (χ1) is 12.1. The Balaban J connectivity index is 1.91. The van der Waals surface area contributed by atoms with Crippen LogP contribution in [0.25, 0.3) is 10.2 Å². The fraction of sp³-hybridized carbons (Fsp3) is 0.556. The highest BCUT2D eigenvalue weighted by molar-refractivity contribution is 7.19. The number of fused-ring (bicyclic) bond motifs is 3. The molecule has 4 rings (SSSR count). The Morgan fingerprint density at radius 2 is 2.08 bits per heavy atom. The molecule has 25 heavy (non-hydrogen) atoms. The molecule has 4 heterocycles. The van der Waals surface area contributed by atoms with E-state index < -0.39 is 0 Å². The van der Waals surface area contributed by atoms with Gasteiger partial charge in [0.25, 0.3) is 0 Å². The second-order valence-electron chi connectivity index (χ2n) is 6.93. The highest BCUT2D eigenvalue weighted by Crippen LogP contribution is 2.42. The van der Waals surface area contributed by atoms with Gasteiger partial charge in [0.1, 0.15) is 21.6 Å². The molecule has 0 unspecified atom stereocenters. The molecule has 132 valence electrons. The number of morpholine rings is 1. The Bertz CT molecular complexity index is 849. The van der Waals surface area contributed by atoms with Gasteiger partial charge in [-0.15, -0.1) is 11.3 Å². The monoisotopic (exact) mass is 358 g/mol. The zero-order chi connectivity index (χ0) is 17.6. The van der Waals surface area contributed by atoms with E-state index in [2.05, 4.69) is 24.8 Å². The van der Waals surface area contributed by atoms with E-state index in [4.69, 9.17) is 20.2 Å². The Hall–Kier alpha value is -1.88. The van der Waals surface area contributed by atoms with E-state index >= 15 is 0 Å². The second-order valence-corrected chi connectivity index (χ2v) is 7.93. The Kier molecular flexibility index (Phi) is 4.28. The molecule has 7 heteroatoms. The molecule has 6 nitrogen and oxygen atoms in total. The molecule has 0 spiro atoms. The summed E-state index contributed by atoms with van der Waals surface area (Å²) in [6.07, 6.45) is 0.982. The minimum absolute atomic E-state index is 0.167. The van der Waals surface area contributed by atoms with Gasteiger partial charge < -0.3 is 20.1 Å². The van der Waals surface area contributed by atoms with E-state index in [1.54, 1.807) is 0 Å². The van der Waals surface area contributed by atoms with Crippen LogP contribution in [0.2, 0.25) is 0 Å². The van der Waals surface area contributed by atoms with Crippen molar-refractivity contribution in [2.75, 3.05) is 36.9 Å². The molecular weight excluding hydrogens is 336 g/mol. The van der Waals surface area contributed by atoms with Gasteiger partial charge in [-0.1, -0.05) is 13.8 Å². The number of ether oxygens (including phenoxy) is 2. The largest absolute Gasteiger partial charge is 0.396 e. The number of aromatic nitrogens is 1. The fourth-order valence-corrected chi connectivity index (χ4v) is 4.54. The van der Waals surface area contributed by atoms with Crippen LogP contribution in [0.4, 0.5) is 11.5 Å². The standard InChI is InChI=1S/C18H22N4O2S/c1-10(2)13-7-11-12(9-24-13)17(22-3-5-23-6-4-22)21-18-15(11)16(20)14(8-19)25-18/h10,13H,3-7,9,20H2,1-2H3/t13-/m0/s1. The fourth-order valence-electron chi connectivity index (χ4n) is 3.63. The van der Waals surface area contributed by atoms with Gasteiger partial charge in [0.2, 0.25) is 0 Å². The minimum Gasteiger partial charge on any atom is -0.396 e. The van der Waals surface area contributed by atoms with Crippen LogP contribution in [0.3, 0.4) is 0 Å². The number of nitrogens with two attached hydrogens (primary N) is 1. The first-order valence-corrected chi connectivity index (χ1v) is 9.50. The quantitative estimate of drug-likeness (QED) is 0.888. The van der Waals surface area contributed by atoms with Crippen molar-refractivity contribution < 1.29 is 9.47 Å². The molecule has 1 saturated heterocycles. The summed E-state index contributed by atoms with van der Waals surface area (Å²) in [7, 11) is 0. The van der Waals surface area contributed by atoms with Crippen LogP contribution in [0, 0.1) is 17.2 Å². The third-order valence-electron chi connectivity index (χ3n) is 5.07. The highest BCUT2D eigenvalue weighted by Gasteiger charge is 2.31. The lowest BCUT2D eigenvalue weighted by Gasteiger charge is -2.34. The van der Waals surface area contributed by atoms with E-state index in [9.17, 15) is 5.26 Å². The number of hydrogen-bond donors (Lipinski definition) is 1. The van der Waals surface area contributed by atoms with Gasteiger partial charge in [-0.25, -0.2) is 4.98 Å². The van der Waals surface area contributed by atoms with Gasteiger partial charge in [-0.05, 0) is 11.5 Å². The molecule has 2 N–H and O–H groups in total. The van der Waals surface area contributed by atoms with Crippen LogP contribution in [0.15, 0.2) is 0 Å². The number of thiophene rings is 1. The maximum absolute atomic E-state index is 9.38. The van der Waals surface area contributed by atoms with Crippen molar-refractivity contribution in [3.8, 4) is 6.07 Å². The van der Waals surface area contributed by atoms with Crippen LogP contribution in [0.5, 0.6) is 0 Å². The van der Waals surface area contributed by atoms with Crippen molar-refractivity contribution in [1.82, 2.24) is 4.98 Å². The van der Waals surface area contributed by atoms with Crippen molar-refractivity contribution in [1.29, 1.82) is 5.26 Å². The van der Waals surface area contributed by atoms with Gasteiger partial charge in [-0.2, -0.15) is 5.26 Å². The maximum atomic E-state index is 9.38. The van der Waals surface area contributed by atoms with E-state index in [1.165, 1.54) is 16.9 Å². The first-order valence-electron chi connectivity index (χ1n) is 8.68. The predicted octanol–water partition coefficient (Wildman–Crippen LogP) is 2.68. The minimum atomic E-state index is 0.167. The Morgan fingerprint density at radius 3 is 2.76 bits per heavy atom. The summed E-state index contributed by atoms with van der Waals surface area (Å²) in [5.74, 6) is 1.40. The van der Waals surface area contributed by atoms with Crippen LogP contribution in [-0.2, 0) is 22.5 Å². The lowest BCUT2D eigenvalue weighted by atomic mass is 9.91.